The van der Waals surface area contributed by atoms with Gasteiger partial charge in [0.1, 0.15) is 0 Å². The normalized spacial score (nSPS) is 10.3. The second-order valence-corrected chi connectivity index (χ2v) is 19.3. The predicted molar refractivity (Wildman–Crippen MR) is 206 cm³/mol. The molecule has 0 saturated carbocycles. The zero-order valence-corrected chi connectivity index (χ0v) is 44.3. The summed E-state index contributed by atoms with van der Waals surface area (Å²) in [5.41, 5.74) is 0. The molecule has 0 spiro atoms. The van der Waals surface area contributed by atoms with Gasteiger partial charge in [0.25, 0.3) is 0 Å². The molecular weight excluding hydrogens is 1060 g/mol. The van der Waals surface area contributed by atoms with Crippen molar-refractivity contribution in [2.45, 2.75) is 155 Å². The fraction of sp³-hybridized carbons (Fsp3) is 0.545. The Morgan fingerprint density at radius 3 is 1.04 bits per heavy atom. The fourth-order valence-electron chi connectivity index (χ4n) is 4.66. The van der Waals surface area contributed by atoms with E-state index in [1.165, 1.54) is 109 Å². The summed E-state index contributed by atoms with van der Waals surface area (Å²) in [7, 11) is 0. The SMILES string of the molecule is CCCCCCCCCCC=COC(=O)CCC(=O)[O-].CCCCCCCCCCC=COC(=O)CCC(=O)[O-].[Hg+][c]1ccccc1.[Hg+][c]1ccccc1. The van der Waals surface area contributed by atoms with Crippen LogP contribution < -0.4 is 16.4 Å². The summed E-state index contributed by atoms with van der Waals surface area (Å²) in [6.07, 6.45) is 27.6. The Kier molecular flexibility index (Phi) is 43.2. The summed E-state index contributed by atoms with van der Waals surface area (Å²) in [6, 6.07) is 21.1. The zero-order valence-electron chi connectivity index (χ0n) is 33.3. The van der Waals surface area contributed by atoms with Crippen LogP contribution in [0.4, 0.5) is 0 Å². The number of esters is 2. The average Bonchev–Trinajstić information content (AvgIpc) is 3.15. The molecule has 8 nitrogen and oxygen atoms in total. The van der Waals surface area contributed by atoms with Gasteiger partial charge in [0, 0.05) is 11.9 Å². The van der Waals surface area contributed by atoms with Crippen LogP contribution in [0.3, 0.4) is 0 Å². The molecule has 0 aliphatic rings. The Bertz CT molecular complexity index is 1120. The molecule has 0 saturated heterocycles. The molecule has 0 aliphatic carbocycles. The molecule has 0 bridgehead atoms. The molecule has 0 atom stereocenters. The molecule has 0 radical (unpaired) electrons. The number of unbranched alkanes of at least 4 members (excludes halogenated alkanes) is 16. The summed E-state index contributed by atoms with van der Waals surface area (Å²) in [5.74, 6) is -3.52. The van der Waals surface area contributed by atoms with E-state index in [2.05, 4.69) is 74.5 Å². The van der Waals surface area contributed by atoms with Crippen LogP contribution in [0.15, 0.2) is 85.3 Å². The number of ether oxygens (including phenoxy) is 2. The molecule has 2 aromatic carbocycles. The van der Waals surface area contributed by atoms with Gasteiger partial charge in [-0.05, 0) is 50.7 Å². The van der Waals surface area contributed by atoms with E-state index in [-0.39, 0.29) is 25.7 Å². The Balaban J connectivity index is 0. The van der Waals surface area contributed by atoms with E-state index in [0.29, 0.717) is 0 Å². The van der Waals surface area contributed by atoms with E-state index in [1.807, 2.05) is 12.2 Å². The van der Waals surface area contributed by atoms with Crippen molar-refractivity contribution in [3.63, 3.8) is 0 Å². The maximum atomic E-state index is 11.0. The molecule has 0 fully saturated rings. The number of carbonyl (C=O) groups excluding carboxylic acids is 4. The molecule has 0 heterocycles. The van der Waals surface area contributed by atoms with Crippen molar-refractivity contribution in [3.8, 4) is 0 Å². The molecule has 0 unspecified atom stereocenters. The van der Waals surface area contributed by atoms with Crippen molar-refractivity contribution in [1.29, 1.82) is 0 Å². The van der Waals surface area contributed by atoms with E-state index in [0.717, 1.165) is 77.9 Å². The number of benzene rings is 2. The Labute approximate surface area is 358 Å². The van der Waals surface area contributed by atoms with Crippen LogP contribution in [-0.2, 0) is 80.9 Å². The summed E-state index contributed by atoms with van der Waals surface area (Å²) in [4.78, 5) is 42.3. The van der Waals surface area contributed by atoms with Crippen molar-refractivity contribution >= 4 is 30.0 Å². The van der Waals surface area contributed by atoms with Crippen LogP contribution in [0.25, 0.3) is 0 Å². The van der Waals surface area contributed by atoms with E-state index < -0.39 is 23.9 Å². The van der Waals surface area contributed by atoms with E-state index >= 15 is 0 Å². The summed E-state index contributed by atoms with van der Waals surface area (Å²) < 4.78 is 12.5. The Hall–Kier alpha value is -2.33. The Morgan fingerprint density at radius 1 is 0.481 bits per heavy atom. The summed E-state index contributed by atoms with van der Waals surface area (Å²) in [5, 5.41) is 20.3. The average molecular weight is 1120 g/mol. The molecule has 0 amide bonds. The molecule has 0 aliphatic heterocycles. The van der Waals surface area contributed by atoms with Gasteiger partial charge in [-0.15, -0.1) is 0 Å². The molecule has 0 N–H and O–H groups in total. The van der Waals surface area contributed by atoms with Crippen LogP contribution in [0, 0.1) is 0 Å². The Morgan fingerprint density at radius 2 is 0.778 bits per heavy atom. The number of allylic oxidation sites excluding steroid dienone is 2. The van der Waals surface area contributed by atoms with Gasteiger partial charge in [0.2, 0.25) is 0 Å². The summed E-state index contributed by atoms with van der Waals surface area (Å²) in [6.45, 7) is 4.44. The minimum atomic E-state index is -1.23. The topological polar surface area (TPSA) is 133 Å². The van der Waals surface area contributed by atoms with Crippen LogP contribution in [0.2, 0.25) is 0 Å². The molecule has 0 aromatic heterocycles. The number of hydrogen-bond donors (Lipinski definition) is 0. The zero-order chi connectivity index (χ0) is 40.3. The van der Waals surface area contributed by atoms with E-state index in [4.69, 9.17) is 9.47 Å². The van der Waals surface area contributed by atoms with Crippen molar-refractivity contribution in [2.75, 3.05) is 0 Å². The van der Waals surface area contributed by atoms with Gasteiger partial charge in [0.15, 0.2) is 0 Å². The van der Waals surface area contributed by atoms with E-state index in [9.17, 15) is 29.4 Å². The van der Waals surface area contributed by atoms with Crippen LogP contribution >= 0.6 is 0 Å². The quantitative estimate of drug-likeness (QED) is 0.0402. The number of carboxylic acid groups (broad SMARTS) is 2. The predicted octanol–water partition coefficient (Wildman–Crippen LogP) is 7.93. The number of rotatable bonds is 26. The third-order valence-corrected chi connectivity index (χ3v) is 11.5. The third-order valence-electron chi connectivity index (χ3n) is 7.79. The fourth-order valence-corrected chi connectivity index (χ4v) is 6.77. The third kappa shape index (κ3) is 47.7. The molecular formula is C44H64Hg2O8. The number of hydrogen-bond acceptors (Lipinski definition) is 8. The van der Waals surface area contributed by atoms with Crippen molar-refractivity contribution in [2.24, 2.45) is 0 Å². The summed E-state index contributed by atoms with van der Waals surface area (Å²) >= 11 is 1.62. The molecule has 2 aromatic rings. The number of carboxylic acids is 2. The standard InChI is InChI=1S/2C16H28O4.2C6H5.2Hg/c2*1-2-3-4-5-6-7-8-9-10-11-14-20-16(19)13-12-15(17)18;2*1-2-4-6-5-3-1;;/h2*11,14H,2-10,12-13H2,1H3,(H,17,18);2*1-5H;;/q;;;;2*+1/p-2. The molecule has 54 heavy (non-hydrogen) atoms. The molecule has 2 rings (SSSR count). The second-order valence-electron chi connectivity index (χ2n) is 13.0. The van der Waals surface area contributed by atoms with Crippen molar-refractivity contribution in [1.82, 2.24) is 0 Å². The first kappa shape index (κ1) is 53.8. The molecule has 10 heteroatoms. The van der Waals surface area contributed by atoms with Crippen LogP contribution in [0.5, 0.6) is 0 Å². The van der Waals surface area contributed by atoms with Crippen molar-refractivity contribution < 1.29 is 91.1 Å². The maximum absolute atomic E-state index is 11.0. The minimum absolute atomic E-state index is 0.134. The monoisotopic (exact) mass is 1120 g/mol. The number of aliphatic carboxylic acids is 2. The van der Waals surface area contributed by atoms with Gasteiger partial charge in [-0.25, -0.2) is 0 Å². The van der Waals surface area contributed by atoms with Gasteiger partial charge in [0.05, 0.1) is 25.4 Å². The molecule has 292 valence electrons. The van der Waals surface area contributed by atoms with Crippen LogP contribution in [-0.4, -0.2) is 23.9 Å². The van der Waals surface area contributed by atoms with Gasteiger partial charge >= 0.3 is 131 Å². The van der Waals surface area contributed by atoms with Crippen molar-refractivity contribution in [3.05, 3.63) is 85.3 Å². The van der Waals surface area contributed by atoms with Gasteiger partial charge in [-0.2, -0.15) is 0 Å². The first-order chi connectivity index (χ1) is 26.1. The first-order valence-corrected chi connectivity index (χ1v) is 25.4. The van der Waals surface area contributed by atoms with Gasteiger partial charge in [-0.1, -0.05) is 104 Å². The number of carbonyl (C=O) groups is 4. The van der Waals surface area contributed by atoms with Crippen LogP contribution in [0.1, 0.15) is 155 Å². The van der Waals surface area contributed by atoms with Gasteiger partial charge in [-0.3, -0.25) is 9.59 Å². The first-order valence-electron chi connectivity index (χ1n) is 19.9. The second kappa shape index (κ2) is 43.4. The van der Waals surface area contributed by atoms with Gasteiger partial charge < -0.3 is 29.3 Å². The van der Waals surface area contributed by atoms with E-state index in [1.54, 1.807) is 0 Å².